The highest BCUT2D eigenvalue weighted by Gasteiger charge is 2.37. The number of H-pyrrole nitrogens is 1. The van der Waals surface area contributed by atoms with Crippen LogP contribution in [0, 0.1) is 5.92 Å². The molecule has 2 aromatic rings. The first kappa shape index (κ1) is 24.5. The number of carbonyl (C=O) groups excluding carboxylic acids is 3. The van der Waals surface area contributed by atoms with Crippen LogP contribution in [0.2, 0.25) is 0 Å². The average molecular weight is 461 g/mol. The third kappa shape index (κ3) is 5.45. The van der Waals surface area contributed by atoms with E-state index in [0.717, 1.165) is 10.9 Å². The number of nitrogens with zero attached hydrogens (tertiary/aromatic N) is 1. The largest absolute Gasteiger partial charge is 0.496 e. The van der Waals surface area contributed by atoms with Crippen molar-refractivity contribution in [1.29, 1.82) is 0 Å². The van der Waals surface area contributed by atoms with Gasteiger partial charge in [-0.2, -0.15) is 0 Å². The number of methoxy groups -OCH3 is 2. The van der Waals surface area contributed by atoms with Crippen LogP contribution in [-0.2, 0) is 14.3 Å². The molecule has 0 saturated carbocycles. The summed E-state index contributed by atoms with van der Waals surface area (Å²) in [5, 5.41) is 16.6. The molecular formula is C23H32N4O6. The number of aliphatic hydroxyl groups is 1. The summed E-state index contributed by atoms with van der Waals surface area (Å²) in [4.78, 5) is 42.4. The molecule has 0 bridgehead atoms. The molecule has 1 aliphatic rings. The Labute approximate surface area is 192 Å². The Bertz CT molecular complexity index is 1000. The van der Waals surface area contributed by atoms with Gasteiger partial charge in [0.05, 0.1) is 19.7 Å². The summed E-state index contributed by atoms with van der Waals surface area (Å²) in [7, 11) is 2.90. The molecule has 1 aromatic carbocycles. The molecule has 1 fully saturated rings. The van der Waals surface area contributed by atoms with Gasteiger partial charge < -0.3 is 35.1 Å². The zero-order valence-corrected chi connectivity index (χ0v) is 19.4. The lowest BCUT2D eigenvalue weighted by atomic mass is 9.96. The van der Waals surface area contributed by atoms with Gasteiger partial charge in [-0.3, -0.25) is 14.4 Å². The molecule has 10 heteroatoms. The molecule has 3 atom stereocenters. The van der Waals surface area contributed by atoms with Gasteiger partial charge in [0.15, 0.2) is 6.29 Å². The minimum Gasteiger partial charge on any atom is -0.496 e. The van der Waals surface area contributed by atoms with Crippen LogP contribution in [0.3, 0.4) is 0 Å². The Morgan fingerprint density at radius 1 is 1.30 bits per heavy atom. The van der Waals surface area contributed by atoms with Crippen molar-refractivity contribution in [2.75, 3.05) is 27.3 Å². The van der Waals surface area contributed by atoms with E-state index in [1.807, 2.05) is 26.0 Å². The summed E-state index contributed by atoms with van der Waals surface area (Å²) in [6.07, 6.45) is -0.367. The van der Waals surface area contributed by atoms with Crippen LogP contribution in [0.4, 0.5) is 0 Å². The molecular weight excluding hydrogens is 428 g/mol. The van der Waals surface area contributed by atoms with Crippen LogP contribution in [-0.4, -0.2) is 78.4 Å². The quantitative estimate of drug-likeness (QED) is 0.391. The van der Waals surface area contributed by atoms with Crippen molar-refractivity contribution in [3.63, 3.8) is 0 Å². The lowest BCUT2D eigenvalue weighted by Crippen LogP contribution is -2.54. The molecule has 4 N–H and O–H groups in total. The highest BCUT2D eigenvalue weighted by Crippen LogP contribution is 2.26. The highest BCUT2D eigenvalue weighted by molar-refractivity contribution is 6.00. The lowest BCUT2D eigenvalue weighted by Gasteiger charge is -2.38. The SMILES string of the molecule is COc1cccc2[nH]c(C(=O)NCC(=O)N(C(C)C)C(CC3CCNC3=O)C(O)OC)cc12. The molecule has 10 nitrogen and oxygen atoms in total. The molecule has 0 radical (unpaired) electrons. The van der Waals surface area contributed by atoms with E-state index in [0.29, 0.717) is 24.4 Å². The van der Waals surface area contributed by atoms with Crippen LogP contribution < -0.4 is 15.4 Å². The molecule has 3 amide bonds. The first-order chi connectivity index (χ1) is 15.8. The van der Waals surface area contributed by atoms with E-state index in [2.05, 4.69) is 15.6 Å². The van der Waals surface area contributed by atoms with Crippen LogP contribution in [0.15, 0.2) is 24.3 Å². The van der Waals surface area contributed by atoms with Crippen molar-refractivity contribution in [3.8, 4) is 5.75 Å². The van der Waals surface area contributed by atoms with E-state index in [1.54, 1.807) is 19.2 Å². The monoisotopic (exact) mass is 460 g/mol. The molecule has 0 spiro atoms. The summed E-state index contributed by atoms with van der Waals surface area (Å²) in [6.45, 7) is 3.93. The van der Waals surface area contributed by atoms with Crippen molar-refractivity contribution in [3.05, 3.63) is 30.0 Å². The number of aliphatic hydroxyl groups excluding tert-OH is 1. The topological polar surface area (TPSA) is 133 Å². The second kappa shape index (κ2) is 10.7. The lowest BCUT2D eigenvalue weighted by molar-refractivity contribution is -0.160. The molecule has 0 aliphatic carbocycles. The maximum atomic E-state index is 13.1. The number of fused-ring (bicyclic) bond motifs is 1. The van der Waals surface area contributed by atoms with Crippen molar-refractivity contribution < 1.29 is 29.0 Å². The Hall–Kier alpha value is -3.11. The number of benzene rings is 1. The van der Waals surface area contributed by atoms with Gasteiger partial charge in [0, 0.05) is 36.5 Å². The smallest absolute Gasteiger partial charge is 0.268 e. The predicted molar refractivity (Wildman–Crippen MR) is 122 cm³/mol. The summed E-state index contributed by atoms with van der Waals surface area (Å²) in [5.74, 6) is -0.597. The predicted octanol–water partition coefficient (Wildman–Crippen LogP) is 1.00. The molecule has 180 valence electrons. The van der Waals surface area contributed by atoms with Gasteiger partial charge in [-0.05, 0) is 44.9 Å². The van der Waals surface area contributed by atoms with E-state index in [4.69, 9.17) is 9.47 Å². The molecule has 1 saturated heterocycles. The number of hydrogen-bond acceptors (Lipinski definition) is 6. The number of aromatic nitrogens is 1. The zero-order chi connectivity index (χ0) is 24.1. The summed E-state index contributed by atoms with van der Waals surface area (Å²) in [5.41, 5.74) is 1.04. The molecule has 33 heavy (non-hydrogen) atoms. The summed E-state index contributed by atoms with van der Waals surface area (Å²) in [6, 6.07) is 6.10. The number of rotatable bonds is 10. The van der Waals surface area contributed by atoms with Gasteiger partial charge in [-0.25, -0.2) is 0 Å². The Balaban J connectivity index is 1.72. The van der Waals surface area contributed by atoms with Crippen LogP contribution in [0.5, 0.6) is 5.75 Å². The second-order valence-corrected chi connectivity index (χ2v) is 8.39. The van der Waals surface area contributed by atoms with Gasteiger partial charge in [0.25, 0.3) is 5.91 Å². The normalized spacial score (nSPS) is 17.6. The number of hydrogen-bond donors (Lipinski definition) is 4. The minimum atomic E-state index is -1.26. The van der Waals surface area contributed by atoms with Gasteiger partial charge in [0.1, 0.15) is 11.4 Å². The molecule has 3 rings (SSSR count). The maximum Gasteiger partial charge on any atom is 0.268 e. The van der Waals surface area contributed by atoms with E-state index in [1.165, 1.54) is 12.0 Å². The number of ether oxygens (including phenoxy) is 2. The molecule has 1 aliphatic heterocycles. The fraction of sp³-hybridized carbons (Fsp3) is 0.522. The van der Waals surface area contributed by atoms with Gasteiger partial charge in [-0.1, -0.05) is 6.07 Å². The van der Waals surface area contributed by atoms with Crippen molar-refractivity contribution in [1.82, 2.24) is 20.5 Å². The van der Waals surface area contributed by atoms with Gasteiger partial charge in [0.2, 0.25) is 11.8 Å². The van der Waals surface area contributed by atoms with E-state index >= 15 is 0 Å². The minimum absolute atomic E-state index is 0.0954. The van der Waals surface area contributed by atoms with Crippen LogP contribution >= 0.6 is 0 Å². The van der Waals surface area contributed by atoms with Crippen LogP contribution in [0.1, 0.15) is 37.2 Å². The molecule has 2 heterocycles. The standard InChI is InChI=1S/C23H32N4O6/c1-13(2)27(18(23(31)33-4)10-14-8-9-24-21(14)29)20(28)12-25-22(30)17-11-15-16(26-17)6-5-7-19(15)32-3/h5-7,11,13-14,18,23,26,31H,8-10,12H2,1-4H3,(H,24,29)(H,25,30). The molecule has 3 unspecified atom stereocenters. The van der Waals surface area contributed by atoms with Gasteiger partial charge >= 0.3 is 0 Å². The highest BCUT2D eigenvalue weighted by atomic mass is 16.6. The summed E-state index contributed by atoms with van der Waals surface area (Å²) < 4.78 is 10.4. The average Bonchev–Trinajstić information content (AvgIpc) is 3.42. The zero-order valence-electron chi connectivity index (χ0n) is 19.4. The third-order valence-corrected chi connectivity index (χ3v) is 5.95. The molecule has 1 aromatic heterocycles. The Kier molecular flexibility index (Phi) is 7.93. The van der Waals surface area contributed by atoms with Crippen molar-refractivity contribution in [2.45, 2.75) is 45.1 Å². The van der Waals surface area contributed by atoms with Crippen molar-refractivity contribution >= 4 is 28.6 Å². The first-order valence-corrected chi connectivity index (χ1v) is 11.0. The number of carbonyl (C=O) groups is 3. The van der Waals surface area contributed by atoms with Crippen LogP contribution in [0.25, 0.3) is 10.9 Å². The fourth-order valence-corrected chi connectivity index (χ4v) is 4.31. The number of amides is 3. The summed E-state index contributed by atoms with van der Waals surface area (Å²) >= 11 is 0. The first-order valence-electron chi connectivity index (χ1n) is 11.0. The Morgan fingerprint density at radius 3 is 2.67 bits per heavy atom. The fourth-order valence-electron chi connectivity index (χ4n) is 4.31. The van der Waals surface area contributed by atoms with Gasteiger partial charge in [-0.15, -0.1) is 0 Å². The van der Waals surface area contributed by atoms with E-state index in [9.17, 15) is 19.5 Å². The third-order valence-electron chi connectivity index (χ3n) is 5.95. The van der Waals surface area contributed by atoms with Crippen molar-refractivity contribution in [2.24, 2.45) is 5.92 Å². The Morgan fingerprint density at radius 2 is 2.06 bits per heavy atom. The van der Waals surface area contributed by atoms with E-state index in [-0.39, 0.29) is 36.7 Å². The number of aromatic amines is 1. The number of nitrogens with one attached hydrogen (secondary N) is 3. The second-order valence-electron chi connectivity index (χ2n) is 8.39. The van der Waals surface area contributed by atoms with E-state index < -0.39 is 18.2 Å². The maximum absolute atomic E-state index is 13.1.